The lowest BCUT2D eigenvalue weighted by molar-refractivity contribution is 0.284. The summed E-state index contributed by atoms with van der Waals surface area (Å²) in [6.07, 6.45) is 6.08. The molecule has 3 nitrogen and oxygen atoms in total. The van der Waals surface area contributed by atoms with Crippen molar-refractivity contribution >= 4 is 22.9 Å². The van der Waals surface area contributed by atoms with Crippen molar-refractivity contribution in [1.82, 2.24) is 4.31 Å². The molecule has 0 N–H and O–H groups in total. The van der Waals surface area contributed by atoms with Crippen molar-refractivity contribution < 1.29 is 4.74 Å². The molecule has 116 valence electrons. The number of nitrogens with zero attached hydrogens (tertiary/aromatic N) is 2. The van der Waals surface area contributed by atoms with Crippen molar-refractivity contribution in [2.75, 3.05) is 13.2 Å². The summed E-state index contributed by atoms with van der Waals surface area (Å²) in [4.78, 5) is 4.67. The molecule has 1 saturated heterocycles. The maximum absolute atomic E-state index is 5.91. The summed E-state index contributed by atoms with van der Waals surface area (Å²) in [5.74, 6) is 0. The number of hydrogen-bond acceptors (Lipinski definition) is 4. The number of para-hydroxylation sites is 1. The summed E-state index contributed by atoms with van der Waals surface area (Å²) in [5.41, 5.74) is 0.959. The van der Waals surface area contributed by atoms with Gasteiger partial charge < -0.3 is 4.74 Å². The second kappa shape index (κ2) is 9.11. The fraction of sp³-hybridized carbons (Fsp3) is 0.588. The molecule has 0 aromatic heterocycles. The standard InChI is InChI=1S/C17H26N2OS/c1-3-4-14-20-17(18-16-11-6-5-7-12-16)21-19-13-9-8-10-15(19)2/h5-7,11-12,15H,3-4,8-10,13-14H2,1-2H3. The Labute approximate surface area is 132 Å². The Morgan fingerprint density at radius 1 is 1.33 bits per heavy atom. The zero-order valence-electron chi connectivity index (χ0n) is 13.1. The lowest BCUT2D eigenvalue weighted by Gasteiger charge is -2.31. The molecule has 2 rings (SSSR count). The van der Waals surface area contributed by atoms with E-state index in [1.807, 2.05) is 30.3 Å². The van der Waals surface area contributed by atoms with Gasteiger partial charge in [-0.3, -0.25) is 0 Å². The SMILES string of the molecule is CCCCOC(=Nc1ccccc1)SN1CCCCC1C. The van der Waals surface area contributed by atoms with Crippen molar-refractivity contribution in [3.05, 3.63) is 30.3 Å². The third kappa shape index (κ3) is 5.71. The van der Waals surface area contributed by atoms with Crippen LogP contribution in [0.3, 0.4) is 0 Å². The van der Waals surface area contributed by atoms with Crippen molar-refractivity contribution in [2.45, 2.75) is 52.0 Å². The number of benzene rings is 1. The molecule has 1 aliphatic heterocycles. The van der Waals surface area contributed by atoms with Gasteiger partial charge in [-0.25, -0.2) is 9.30 Å². The predicted molar refractivity (Wildman–Crippen MR) is 92.0 cm³/mol. The van der Waals surface area contributed by atoms with Crippen LogP contribution in [0.2, 0.25) is 0 Å². The minimum Gasteiger partial charge on any atom is -0.472 e. The van der Waals surface area contributed by atoms with E-state index in [-0.39, 0.29) is 0 Å². The van der Waals surface area contributed by atoms with Crippen molar-refractivity contribution in [3.8, 4) is 0 Å². The second-order valence-corrected chi connectivity index (χ2v) is 6.49. The molecule has 0 bridgehead atoms. The van der Waals surface area contributed by atoms with E-state index in [1.165, 1.54) is 19.3 Å². The van der Waals surface area contributed by atoms with Crippen molar-refractivity contribution in [3.63, 3.8) is 0 Å². The molecule has 0 radical (unpaired) electrons. The third-order valence-corrected chi connectivity index (χ3v) is 4.78. The van der Waals surface area contributed by atoms with E-state index in [1.54, 1.807) is 11.9 Å². The van der Waals surface area contributed by atoms with Crippen LogP contribution < -0.4 is 0 Å². The maximum Gasteiger partial charge on any atom is 0.266 e. The van der Waals surface area contributed by atoms with E-state index in [2.05, 4.69) is 23.1 Å². The normalized spacial score (nSPS) is 20.5. The molecule has 1 aliphatic rings. The molecule has 4 heteroatoms. The summed E-state index contributed by atoms with van der Waals surface area (Å²) in [6, 6.07) is 10.7. The first kappa shape index (κ1) is 16.4. The van der Waals surface area contributed by atoms with Crippen LogP contribution >= 0.6 is 11.9 Å². The van der Waals surface area contributed by atoms with Gasteiger partial charge in [0.05, 0.1) is 12.3 Å². The average molecular weight is 306 g/mol. The lowest BCUT2D eigenvalue weighted by atomic mass is 10.1. The molecule has 1 heterocycles. The first-order valence-electron chi connectivity index (χ1n) is 8.00. The van der Waals surface area contributed by atoms with Crippen LogP contribution in [-0.4, -0.2) is 28.7 Å². The fourth-order valence-electron chi connectivity index (χ4n) is 2.30. The first-order chi connectivity index (χ1) is 10.3. The molecule has 1 atom stereocenters. The monoisotopic (exact) mass is 306 g/mol. The zero-order chi connectivity index (χ0) is 14.9. The summed E-state index contributed by atoms with van der Waals surface area (Å²) < 4.78 is 8.32. The van der Waals surface area contributed by atoms with E-state index in [4.69, 9.17) is 4.74 Å². The van der Waals surface area contributed by atoms with E-state index >= 15 is 0 Å². The molecule has 0 spiro atoms. The Morgan fingerprint density at radius 3 is 2.86 bits per heavy atom. The average Bonchev–Trinajstić information content (AvgIpc) is 2.51. The second-order valence-electron chi connectivity index (χ2n) is 5.49. The molecule has 0 saturated carbocycles. The summed E-state index contributed by atoms with van der Waals surface area (Å²) in [6.45, 7) is 6.34. The highest BCUT2D eigenvalue weighted by atomic mass is 32.2. The molecule has 1 fully saturated rings. The number of rotatable bonds is 5. The maximum atomic E-state index is 5.91. The van der Waals surface area contributed by atoms with Gasteiger partial charge >= 0.3 is 0 Å². The van der Waals surface area contributed by atoms with Crippen LogP contribution in [0.1, 0.15) is 46.0 Å². The van der Waals surface area contributed by atoms with E-state index < -0.39 is 0 Å². The molecule has 1 unspecified atom stereocenters. The number of unbranched alkanes of at least 4 members (excludes halogenated alkanes) is 1. The van der Waals surface area contributed by atoms with Gasteiger partial charge in [-0.05, 0) is 38.3 Å². The van der Waals surface area contributed by atoms with Gasteiger partial charge in [-0.2, -0.15) is 0 Å². The third-order valence-electron chi connectivity index (χ3n) is 3.64. The summed E-state index contributed by atoms with van der Waals surface area (Å²) in [7, 11) is 0. The van der Waals surface area contributed by atoms with Crippen LogP contribution in [0.15, 0.2) is 35.3 Å². The Morgan fingerprint density at radius 2 is 2.14 bits per heavy atom. The van der Waals surface area contributed by atoms with E-state index in [9.17, 15) is 0 Å². The van der Waals surface area contributed by atoms with Crippen LogP contribution in [0, 0.1) is 0 Å². The Hall–Kier alpha value is -1.00. The van der Waals surface area contributed by atoms with Crippen molar-refractivity contribution in [2.24, 2.45) is 4.99 Å². The molecule has 1 aromatic carbocycles. The highest BCUT2D eigenvalue weighted by molar-refractivity contribution is 8.11. The van der Waals surface area contributed by atoms with Crippen LogP contribution in [0.4, 0.5) is 5.69 Å². The largest absolute Gasteiger partial charge is 0.472 e. The van der Waals surface area contributed by atoms with Gasteiger partial charge in [0.1, 0.15) is 0 Å². The van der Waals surface area contributed by atoms with E-state index in [0.717, 1.165) is 36.9 Å². The summed E-state index contributed by atoms with van der Waals surface area (Å²) in [5, 5.41) is 0.781. The Bertz CT molecular complexity index is 436. The van der Waals surface area contributed by atoms with Crippen molar-refractivity contribution in [1.29, 1.82) is 0 Å². The van der Waals surface area contributed by atoms with Crippen LogP contribution in [0.25, 0.3) is 0 Å². The molecular formula is C17H26N2OS. The number of hydrogen-bond donors (Lipinski definition) is 0. The highest BCUT2D eigenvalue weighted by Crippen LogP contribution is 2.27. The number of ether oxygens (including phenoxy) is 1. The predicted octanol–water partition coefficient (Wildman–Crippen LogP) is 5.01. The van der Waals surface area contributed by atoms with Crippen LogP contribution in [0.5, 0.6) is 0 Å². The molecule has 0 aliphatic carbocycles. The van der Waals surface area contributed by atoms with Gasteiger partial charge in [0.2, 0.25) is 0 Å². The quantitative estimate of drug-likeness (QED) is 0.331. The Kier molecular flexibility index (Phi) is 7.10. The molecule has 1 aromatic rings. The molecule has 0 amide bonds. The fourth-order valence-corrected chi connectivity index (χ4v) is 3.29. The molecular weight excluding hydrogens is 280 g/mol. The van der Waals surface area contributed by atoms with Gasteiger partial charge in [-0.1, -0.05) is 38.0 Å². The minimum absolute atomic E-state index is 0.597. The van der Waals surface area contributed by atoms with Gasteiger partial charge in [-0.15, -0.1) is 0 Å². The highest BCUT2D eigenvalue weighted by Gasteiger charge is 2.21. The lowest BCUT2D eigenvalue weighted by Crippen LogP contribution is -2.33. The first-order valence-corrected chi connectivity index (χ1v) is 8.78. The minimum atomic E-state index is 0.597. The van der Waals surface area contributed by atoms with Gasteiger partial charge in [0.25, 0.3) is 5.23 Å². The van der Waals surface area contributed by atoms with Gasteiger partial charge in [0, 0.05) is 24.5 Å². The molecule has 21 heavy (non-hydrogen) atoms. The number of piperidine rings is 1. The Balaban J connectivity index is 2.02. The topological polar surface area (TPSA) is 24.8 Å². The summed E-state index contributed by atoms with van der Waals surface area (Å²) >= 11 is 1.68. The van der Waals surface area contributed by atoms with E-state index in [0.29, 0.717) is 6.04 Å². The van der Waals surface area contributed by atoms with Crippen LogP contribution in [-0.2, 0) is 4.74 Å². The van der Waals surface area contributed by atoms with Gasteiger partial charge in [0.15, 0.2) is 0 Å². The zero-order valence-corrected chi connectivity index (χ0v) is 13.9. The number of aliphatic imine (C=N–C) groups is 1. The smallest absolute Gasteiger partial charge is 0.266 e.